The molecular weight excluding hydrogens is 314 g/mol. The lowest BCUT2D eigenvalue weighted by molar-refractivity contribution is -0.386. The van der Waals surface area contributed by atoms with E-state index >= 15 is 0 Å². The van der Waals surface area contributed by atoms with Crippen molar-refractivity contribution in [2.45, 2.75) is 19.4 Å². The van der Waals surface area contributed by atoms with Gasteiger partial charge in [0.2, 0.25) is 5.75 Å². The highest BCUT2D eigenvalue weighted by atomic mass is 79.9. The molecule has 0 aliphatic rings. The molecule has 102 valence electrons. The average molecular weight is 328 g/mol. The van der Waals surface area contributed by atoms with Crippen LogP contribution in [0, 0.1) is 21.4 Å². The maximum atomic E-state index is 10.9. The summed E-state index contributed by atoms with van der Waals surface area (Å²) in [6, 6.07) is 6.42. The zero-order valence-corrected chi connectivity index (χ0v) is 12.0. The highest BCUT2D eigenvalue weighted by molar-refractivity contribution is 9.10. The Morgan fingerprint density at radius 1 is 1.63 bits per heavy atom. The Morgan fingerprint density at radius 3 is 2.95 bits per heavy atom. The first-order valence-electron chi connectivity index (χ1n) is 5.78. The van der Waals surface area contributed by atoms with Gasteiger partial charge in [-0.2, -0.15) is 5.26 Å². The van der Waals surface area contributed by atoms with E-state index in [1.165, 1.54) is 6.07 Å². The number of nitro groups is 1. The van der Waals surface area contributed by atoms with E-state index in [4.69, 9.17) is 10.00 Å². The number of nitrogens with zero attached hydrogens (tertiary/aromatic N) is 2. The lowest BCUT2D eigenvalue weighted by Crippen LogP contribution is -2.28. The van der Waals surface area contributed by atoms with Crippen molar-refractivity contribution < 1.29 is 9.66 Å². The number of hydrogen-bond acceptors (Lipinski definition) is 5. The SMILES string of the molecule is CCNC(C#N)CCOc1c(Br)cccc1[N+](=O)[O-]. The summed E-state index contributed by atoms with van der Waals surface area (Å²) in [5.41, 5.74) is -0.0914. The highest BCUT2D eigenvalue weighted by Crippen LogP contribution is 2.34. The molecule has 1 N–H and O–H groups in total. The lowest BCUT2D eigenvalue weighted by Gasteiger charge is -2.11. The van der Waals surface area contributed by atoms with Crippen molar-refractivity contribution >= 4 is 21.6 Å². The fourth-order valence-corrected chi connectivity index (χ4v) is 1.99. The van der Waals surface area contributed by atoms with E-state index in [1.807, 2.05) is 6.92 Å². The Bertz CT molecular complexity index is 488. The summed E-state index contributed by atoms with van der Waals surface area (Å²) in [4.78, 5) is 10.4. The van der Waals surface area contributed by atoms with Crippen molar-refractivity contribution in [3.63, 3.8) is 0 Å². The smallest absolute Gasteiger partial charge is 0.312 e. The minimum Gasteiger partial charge on any atom is -0.486 e. The Balaban J connectivity index is 2.68. The number of benzene rings is 1. The molecular formula is C12H14BrN3O3. The molecule has 0 aromatic heterocycles. The molecule has 1 aromatic rings. The number of para-hydroxylation sites is 1. The van der Waals surface area contributed by atoms with Crippen molar-refractivity contribution in [1.82, 2.24) is 5.32 Å². The van der Waals surface area contributed by atoms with Crippen LogP contribution in [0.15, 0.2) is 22.7 Å². The summed E-state index contributed by atoms with van der Waals surface area (Å²) < 4.78 is 5.95. The molecule has 0 spiro atoms. The fraction of sp³-hybridized carbons (Fsp3) is 0.417. The molecule has 6 nitrogen and oxygen atoms in total. The second kappa shape index (κ2) is 7.71. The van der Waals surface area contributed by atoms with E-state index in [0.717, 1.165) is 0 Å². The molecule has 19 heavy (non-hydrogen) atoms. The number of rotatable bonds is 7. The number of nitriles is 1. The number of hydrogen-bond donors (Lipinski definition) is 1. The Labute approximate surface area is 119 Å². The van der Waals surface area contributed by atoms with Gasteiger partial charge in [-0.3, -0.25) is 10.1 Å². The first-order chi connectivity index (χ1) is 9.10. The first kappa shape index (κ1) is 15.4. The van der Waals surface area contributed by atoms with Gasteiger partial charge in [0.15, 0.2) is 0 Å². The van der Waals surface area contributed by atoms with Crippen molar-refractivity contribution in [3.05, 3.63) is 32.8 Å². The maximum Gasteiger partial charge on any atom is 0.312 e. The monoisotopic (exact) mass is 327 g/mol. The van der Waals surface area contributed by atoms with Crippen LogP contribution < -0.4 is 10.1 Å². The number of halogens is 1. The third-order valence-corrected chi connectivity index (χ3v) is 3.03. The second-order valence-corrected chi connectivity index (χ2v) is 4.58. The summed E-state index contributed by atoms with van der Waals surface area (Å²) in [6.45, 7) is 2.83. The molecule has 0 saturated carbocycles. The van der Waals surface area contributed by atoms with Crippen LogP contribution in [0.2, 0.25) is 0 Å². The van der Waals surface area contributed by atoms with Crippen LogP contribution >= 0.6 is 15.9 Å². The van der Waals surface area contributed by atoms with Gasteiger partial charge in [0.25, 0.3) is 0 Å². The molecule has 1 atom stereocenters. The van der Waals surface area contributed by atoms with Crippen molar-refractivity contribution in [2.24, 2.45) is 0 Å². The minimum absolute atomic E-state index is 0.0914. The van der Waals surface area contributed by atoms with Crippen LogP contribution in [-0.4, -0.2) is 24.1 Å². The van der Waals surface area contributed by atoms with Gasteiger partial charge in [-0.25, -0.2) is 0 Å². The van der Waals surface area contributed by atoms with E-state index in [1.54, 1.807) is 12.1 Å². The van der Waals surface area contributed by atoms with E-state index in [9.17, 15) is 10.1 Å². The normalized spacial score (nSPS) is 11.6. The van der Waals surface area contributed by atoms with Crippen LogP contribution in [0.25, 0.3) is 0 Å². The quantitative estimate of drug-likeness (QED) is 0.614. The van der Waals surface area contributed by atoms with Gasteiger partial charge in [-0.15, -0.1) is 0 Å². The van der Waals surface area contributed by atoms with E-state index in [-0.39, 0.29) is 24.1 Å². The third kappa shape index (κ3) is 4.50. The molecule has 7 heteroatoms. The van der Waals surface area contributed by atoms with E-state index in [2.05, 4.69) is 27.3 Å². The molecule has 0 amide bonds. The van der Waals surface area contributed by atoms with Crippen LogP contribution in [0.5, 0.6) is 5.75 Å². The molecule has 0 bridgehead atoms. The zero-order valence-electron chi connectivity index (χ0n) is 10.4. The second-order valence-electron chi connectivity index (χ2n) is 3.72. The molecule has 1 unspecified atom stereocenters. The third-order valence-electron chi connectivity index (χ3n) is 2.40. The van der Waals surface area contributed by atoms with Crippen LogP contribution in [0.1, 0.15) is 13.3 Å². The van der Waals surface area contributed by atoms with Gasteiger partial charge in [0, 0.05) is 12.5 Å². The predicted molar refractivity (Wildman–Crippen MR) is 74.0 cm³/mol. The molecule has 0 saturated heterocycles. The molecule has 0 radical (unpaired) electrons. The summed E-state index contributed by atoms with van der Waals surface area (Å²) in [6.07, 6.45) is 0.461. The van der Waals surface area contributed by atoms with Crippen LogP contribution in [0.4, 0.5) is 5.69 Å². The summed E-state index contributed by atoms with van der Waals surface area (Å²) >= 11 is 3.22. The first-order valence-corrected chi connectivity index (χ1v) is 6.58. The molecule has 0 heterocycles. The van der Waals surface area contributed by atoms with Gasteiger partial charge >= 0.3 is 5.69 Å². The fourth-order valence-electron chi connectivity index (χ4n) is 1.52. The Hall–Kier alpha value is -1.65. The van der Waals surface area contributed by atoms with Gasteiger partial charge in [0.05, 0.1) is 28.1 Å². The zero-order chi connectivity index (χ0) is 14.3. The molecule has 1 aromatic carbocycles. The van der Waals surface area contributed by atoms with E-state index in [0.29, 0.717) is 17.4 Å². The standard InChI is InChI=1S/C12H14BrN3O3/c1-2-15-9(8-14)6-7-19-12-10(13)4-3-5-11(12)16(17)18/h3-5,9,15H,2,6-7H2,1H3. The summed E-state index contributed by atoms with van der Waals surface area (Å²) in [7, 11) is 0. The lowest BCUT2D eigenvalue weighted by atomic mass is 10.2. The van der Waals surface area contributed by atoms with Crippen molar-refractivity contribution in [3.8, 4) is 11.8 Å². The Morgan fingerprint density at radius 2 is 2.37 bits per heavy atom. The predicted octanol–water partition coefficient (Wildman–Crippen LogP) is 2.63. The average Bonchev–Trinajstić information content (AvgIpc) is 2.39. The topological polar surface area (TPSA) is 88.2 Å². The molecule has 1 rings (SSSR count). The highest BCUT2D eigenvalue weighted by Gasteiger charge is 2.18. The number of nitro benzene ring substituents is 1. The summed E-state index contributed by atoms with van der Waals surface area (Å²) in [5.74, 6) is 0.195. The van der Waals surface area contributed by atoms with Gasteiger partial charge in [-0.1, -0.05) is 13.0 Å². The van der Waals surface area contributed by atoms with E-state index < -0.39 is 4.92 Å². The molecule has 0 aliphatic heterocycles. The van der Waals surface area contributed by atoms with Gasteiger partial charge in [-0.05, 0) is 28.5 Å². The Kier molecular flexibility index (Phi) is 6.25. The van der Waals surface area contributed by atoms with Gasteiger partial charge in [0.1, 0.15) is 0 Å². The number of nitrogens with one attached hydrogen (secondary N) is 1. The van der Waals surface area contributed by atoms with Crippen LogP contribution in [0.3, 0.4) is 0 Å². The van der Waals surface area contributed by atoms with Crippen molar-refractivity contribution in [2.75, 3.05) is 13.2 Å². The van der Waals surface area contributed by atoms with Crippen LogP contribution in [-0.2, 0) is 0 Å². The molecule has 0 aliphatic carbocycles. The maximum absolute atomic E-state index is 10.9. The number of ether oxygens (including phenoxy) is 1. The summed E-state index contributed by atoms with van der Waals surface area (Å²) in [5, 5.41) is 22.7. The van der Waals surface area contributed by atoms with Crippen molar-refractivity contribution in [1.29, 1.82) is 5.26 Å². The largest absolute Gasteiger partial charge is 0.486 e. The van der Waals surface area contributed by atoms with Gasteiger partial charge < -0.3 is 10.1 Å². The minimum atomic E-state index is -0.494. The molecule has 0 fully saturated rings.